The van der Waals surface area contributed by atoms with Gasteiger partial charge in [-0.15, -0.1) is 0 Å². The van der Waals surface area contributed by atoms with Crippen LogP contribution in [-0.2, 0) is 19.8 Å². The van der Waals surface area contributed by atoms with Gasteiger partial charge in [0.15, 0.2) is 0 Å². The zero-order valence-electron chi connectivity index (χ0n) is 11.9. The third-order valence-electron chi connectivity index (χ3n) is 2.85. The number of ether oxygens (including phenoxy) is 2. The number of benzene rings is 1. The number of carbonyl (C=O) groups excluding carboxylic acids is 1. The summed E-state index contributed by atoms with van der Waals surface area (Å²) in [7, 11) is 1.62. The van der Waals surface area contributed by atoms with Gasteiger partial charge in [0.2, 0.25) is 5.91 Å². The fourth-order valence-corrected chi connectivity index (χ4v) is 1.75. The first-order chi connectivity index (χ1) is 9.06. The van der Waals surface area contributed by atoms with Crippen LogP contribution in [0.25, 0.3) is 0 Å². The minimum Gasteiger partial charge on any atom is -0.382 e. The topological polar surface area (TPSA) is 47.6 Å². The van der Waals surface area contributed by atoms with E-state index >= 15 is 0 Å². The summed E-state index contributed by atoms with van der Waals surface area (Å²) >= 11 is 0. The van der Waals surface area contributed by atoms with Gasteiger partial charge in [0.25, 0.3) is 0 Å². The smallest absolute Gasteiger partial charge is 0.222 e. The van der Waals surface area contributed by atoms with Crippen molar-refractivity contribution in [3.05, 3.63) is 35.9 Å². The quantitative estimate of drug-likeness (QED) is 0.732. The third kappa shape index (κ3) is 5.85. The lowest BCUT2D eigenvalue weighted by Crippen LogP contribution is -2.41. The number of amides is 1. The molecule has 1 amide bonds. The zero-order valence-corrected chi connectivity index (χ0v) is 11.9. The van der Waals surface area contributed by atoms with E-state index in [4.69, 9.17) is 9.47 Å². The molecule has 0 saturated carbocycles. The average molecular weight is 265 g/mol. The van der Waals surface area contributed by atoms with E-state index in [2.05, 4.69) is 5.32 Å². The first-order valence-corrected chi connectivity index (χ1v) is 6.49. The maximum absolute atomic E-state index is 11.8. The second-order valence-electron chi connectivity index (χ2n) is 4.89. The van der Waals surface area contributed by atoms with Crippen LogP contribution < -0.4 is 5.32 Å². The van der Waals surface area contributed by atoms with Crippen molar-refractivity contribution in [3.8, 4) is 0 Å². The largest absolute Gasteiger partial charge is 0.382 e. The monoisotopic (exact) mass is 265 g/mol. The van der Waals surface area contributed by atoms with Gasteiger partial charge in [-0.2, -0.15) is 0 Å². The predicted octanol–water partition coefficient (Wildman–Crippen LogP) is 2.09. The van der Waals surface area contributed by atoms with E-state index in [0.717, 1.165) is 5.56 Å². The van der Waals surface area contributed by atoms with Gasteiger partial charge in [0.05, 0.1) is 25.4 Å². The van der Waals surface area contributed by atoms with E-state index in [1.54, 1.807) is 7.11 Å². The van der Waals surface area contributed by atoms with Gasteiger partial charge in [-0.3, -0.25) is 4.79 Å². The number of hydrogen-bond acceptors (Lipinski definition) is 3. The average Bonchev–Trinajstić information content (AvgIpc) is 2.39. The Labute approximate surface area is 115 Å². The molecule has 0 heterocycles. The molecule has 0 saturated heterocycles. The van der Waals surface area contributed by atoms with Crippen molar-refractivity contribution in [2.24, 2.45) is 0 Å². The summed E-state index contributed by atoms with van der Waals surface area (Å²) in [4.78, 5) is 11.8. The molecule has 0 bridgehead atoms. The molecule has 106 valence electrons. The zero-order chi connectivity index (χ0) is 14.1. The summed E-state index contributed by atoms with van der Waals surface area (Å²) in [6, 6.07) is 9.92. The summed E-state index contributed by atoms with van der Waals surface area (Å²) in [5.41, 5.74) is 0.717. The number of nitrogens with one attached hydrogen (secondary N) is 1. The Kier molecular flexibility index (Phi) is 6.53. The number of hydrogen-bond donors (Lipinski definition) is 1. The summed E-state index contributed by atoms with van der Waals surface area (Å²) in [6.45, 7) is 5.47. The Morgan fingerprint density at radius 3 is 2.47 bits per heavy atom. The fraction of sp³-hybridized carbons (Fsp3) is 0.533. The van der Waals surface area contributed by atoms with E-state index in [0.29, 0.717) is 26.2 Å². The van der Waals surface area contributed by atoms with E-state index in [1.165, 1.54) is 0 Å². The Morgan fingerprint density at radius 2 is 1.84 bits per heavy atom. The molecule has 0 atom stereocenters. The van der Waals surface area contributed by atoms with E-state index in [-0.39, 0.29) is 11.4 Å². The normalized spacial score (nSPS) is 11.3. The minimum absolute atomic E-state index is 0.00808. The second-order valence-corrected chi connectivity index (χ2v) is 4.89. The molecule has 0 radical (unpaired) electrons. The summed E-state index contributed by atoms with van der Waals surface area (Å²) in [5.74, 6) is -0.00808. The highest BCUT2D eigenvalue weighted by Crippen LogP contribution is 2.19. The lowest BCUT2D eigenvalue weighted by Gasteiger charge is -2.27. The van der Waals surface area contributed by atoms with Crippen LogP contribution in [0.3, 0.4) is 0 Å². The summed E-state index contributed by atoms with van der Waals surface area (Å²) in [5, 5.41) is 3.01. The highest BCUT2D eigenvalue weighted by Gasteiger charge is 2.21. The van der Waals surface area contributed by atoms with Crippen LogP contribution in [0, 0.1) is 0 Å². The van der Waals surface area contributed by atoms with Gasteiger partial charge in [0.1, 0.15) is 0 Å². The second kappa shape index (κ2) is 7.92. The van der Waals surface area contributed by atoms with Crippen LogP contribution in [0.1, 0.15) is 25.8 Å². The van der Waals surface area contributed by atoms with Gasteiger partial charge < -0.3 is 14.8 Å². The molecule has 0 fully saturated rings. The van der Waals surface area contributed by atoms with Crippen LogP contribution in [0.5, 0.6) is 0 Å². The molecule has 19 heavy (non-hydrogen) atoms. The van der Waals surface area contributed by atoms with Crippen molar-refractivity contribution in [2.75, 3.05) is 26.9 Å². The van der Waals surface area contributed by atoms with Crippen LogP contribution in [0.2, 0.25) is 0 Å². The summed E-state index contributed by atoms with van der Waals surface area (Å²) in [6.07, 6.45) is 0.361. The lowest BCUT2D eigenvalue weighted by molar-refractivity contribution is -0.124. The van der Waals surface area contributed by atoms with Crippen molar-refractivity contribution in [1.82, 2.24) is 5.32 Å². The molecule has 0 aliphatic carbocycles. The van der Waals surface area contributed by atoms with Crippen LogP contribution in [0.4, 0.5) is 0 Å². The highest BCUT2D eigenvalue weighted by atomic mass is 16.5. The molecule has 1 rings (SSSR count). The molecule has 1 aromatic carbocycles. The van der Waals surface area contributed by atoms with Gasteiger partial charge in [-0.1, -0.05) is 30.3 Å². The molecule has 0 aromatic heterocycles. The molecule has 0 aliphatic rings. The number of carbonyl (C=O) groups is 1. The lowest BCUT2D eigenvalue weighted by atomic mass is 9.94. The molecule has 4 heteroatoms. The van der Waals surface area contributed by atoms with Crippen LogP contribution in [-0.4, -0.2) is 32.8 Å². The Balaban J connectivity index is 2.35. The minimum atomic E-state index is -0.370. The van der Waals surface area contributed by atoms with Crippen molar-refractivity contribution >= 4 is 5.91 Å². The molecule has 1 N–H and O–H groups in total. The van der Waals surface area contributed by atoms with Gasteiger partial charge in [0, 0.05) is 13.5 Å². The van der Waals surface area contributed by atoms with Gasteiger partial charge in [-0.25, -0.2) is 0 Å². The number of rotatable bonds is 8. The van der Waals surface area contributed by atoms with Crippen molar-refractivity contribution in [2.45, 2.75) is 25.8 Å². The van der Waals surface area contributed by atoms with Crippen molar-refractivity contribution in [1.29, 1.82) is 0 Å². The Bertz CT molecular complexity index is 376. The number of methoxy groups -OCH3 is 1. The Morgan fingerprint density at radius 1 is 1.16 bits per heavy atom. The standard InChI is InChI=1S/C15H23NO3/c1-15(2,13-7-5-4-6-8-13)16-14(17)9-10-19-12-11-18-3/h4-8H,9-12H2,1-3H3,(H,16,17). The molecule has 1 aromatic rings. The van der Waals surface area contributed by atoms with Gasteiger partial charge in [-0.05, 0) is 19.4 Å². The van der Waals surface area contributed by atoms with Crippen molar-refractivity contribution < 1.29 is 14.3 Å². The molecule has 4 nitrogen and oxygen atoms in total. The molecule has 0 spiro atoms. The first-order valence-electron chi connectivity index (χ1n) is 6.49. The summed E-state index contributed by atoms with van der Waals surface area (Å²) < 4.78 is 10.1. The predicted molar refractivity (Wildman–Crippen MR) is 74.9 cm³/mol. The maximum atomic E-state index is 11.8. The van der Waals surface area contributed by atoms with Gasteiger partial charge >= 0.3 is 0 Å². The van der Waals surface area contributed by atoms with Crippen LogP contribution >= 0.6 is 0 Å². The fourth-order valence-electron chi connectivity index (χ4n) is 1.75. The van der Waals surface area contributed by atoms with E-state index in [1.807, 2.05) is 44.2 Å². The molecular weight excluding hydrogens is 242 g/mol. The molecular formula is C15H23NO3. The SMILES string of the molecule is COCCOCCC(=O)NC(C)(C)c1ccccc1. The highest BCUT2D eigenvalue weighted by molar-refractivity contribution is 5.77. The maximum Gasteiger partial charge on any atom is 0.222 e. The first kappa shape index (κ1) is 15.7. The molecule has 0 aliphatic heterocycles. The molecule has 0 unspecified atom stereocenters. The van der Waals surface area contributed by atoms with E-state index in [9.17, 15) is 4.79 Å². The third-order valence-corrected chi connectivity index (χ3v) is 2.85. The van der Waals surface area contributed by atoms with Crippen molar-refractivity contribution in [3.63, 3.8) is 0 Å². The Hall–Kier alpha value is -1.39. The van der Waals surface area contributed by atoms with E-state index < -0.39 is 0 Å². The van der Waals surface area contributed by atoms with Crippen LogP contribution in [0.15, 0.2) is 30.3 Å².